The SMILES string of the molecule is CCOc1ccc(C(=O)CCC(=O)N2CCN(Cc3cccnc3)CC2)cc1. The zero-order valence-corrected chi connectivity index (χ0v) is 16.3. The van der Waals surface area contributed by atoms with Gasteiger partial charge in [-0.15, -0.1) is 0 Å². The van der Waals surface area contributed by atoms with Crippen molar-refractivity contribution < 1.29 is 14.3 Å². The lowest BCUT2D eigenvalue weighted by Gasteiger charge is -2.34. The number of carbonyl (C=O) groups is 2. The van der Waals surface area contributed by atoms with Crippen LogP contribution in [0.5, 0.6) is 5.75 Å². The number of ketones is 1. The van der Waals surface area contributed by atoms with Crippen LogP contribution in [0.15, 0.2) is 48.8 Å². The maximum Gasteiger partial charge on any atom is 0.223 e. The first-order valence-corrected chi connectivity index (χ1v) is 9.81. The Morgan fingerprint density at radius 1 is 1.04 bits per heavy atom. The lowest BCUT2D eigenvalue weighted by molar-refractivity contribution is -0.132. The predicted molar refractivity (Wildman–Crippen MR) is 107 cm³/mol. The van der Waals surface area contributed by atoms with Gasteiger partial charge in [-0.3, -0.25) is 19.5 Å². The molecule has 1 aromatic carbocycles. The van der Waals surface area contributed by atoms with Gasteiger partial charge in [0.15, 0.2) is 5.78 Å². The van der Waals surface area contributed by atoms with Crippen molar-refractivity contribution in [1.29, 1.82) is 0 Å². The van der Waals surface area contributed by atoms with E-state index in [2.05, 4.69) is 16.0 Å². The predicted octanol–water partition coefficient (Wildman–Crippen LogP) is 2.79. The fraction of sp³-hybridized carbons (Fsp3) is 0.409. The first-order valence-electron chi connectivity index (χ1n) is 9.81. The Balaban J connectivity index is 1.41. The van der Waals surface area contributed by atoms with Gasteiger partial charge < -0.3 is 9.64 Å². The highest BCUT2D eigenvalue weighted by Gasteiger charge is 2.21. The summed E-state index contributed by atoms with van der Waals surface area (Å²) in [4.78, 5) is 33.1. The summed E-state index contributed by atoms with van der Waals surface area (Å²) in [5.41, 5.74) is 1.81. The maximum atomic E-state index is 12.5. The molecule has 1 aliphatic heterocycles. The topological polar surface area (TPSA) is 62.7 Å². The van der Waals surface area contributed by atoms with Crippen molar-refractivity contribution in [3.05, 3.63) is 59.9 Å². The van der Waals surface area contributed by atoms with Crippen molar-refractivity contribution >= 4 is 11.7 Å². The average molecular weight is 381 g/mol. The quantitative estimate of drug-likeness (QED) is 0.658. The molecule has 0 unspecified atom stereocenters. The van der Waals surface area contributed by atoms with Crippen LogP contribution in [0.3, 0.4) is 0 Å². The highest BCUT2D eigenvalue weighted by Crippen LogP contribution is 2.15. The van der Waals surface area contributed by atoms with E-state index in [0.29, 0.717) is 25.3 Å². The van der Waals surface area contributed by atoms with E-state index in [1.807, 2.05) is 24.1 Å². The molecule has 0 bridgehead atoms. The van der Waals surface area contributed by atoms with Crippen molar-refractivity contribution in [1.82, 2.24) is 14.8 Å². The Kier molecular flexibility index (Phi) is 7.14. The van der Waals surface area contributed by atoms with Crippen LogP contribution >= 0.6 is 0 Å². The number of hydrogen-bond donors (Lipinski definition) is 0. The molecule has 6 heteroatoms. The minimum Gasteiger partial charge on any atom is -0.494 e. The second-order valence-electron chi connectivity index (χ2n) is 6.90. The number of Topliss-reactive ketones (excluding diaryl/α,β-unsaturated/α-hetero) is 1. The third-order valence-corrected chi connectivity index (χ3v) is 4.91. The van der Waals surface area contributed by atoms with E-state index in [9.17, 15) is 9.59 Å². The normalized spacial score (nSPS) is 14.7. The second kappa shape index (κ2) is 9.99. The summed E-state index contributed by atoms with van der Waals surface area (Å²) in [6, 6.07) is 11.1. The number of aromatic nitrogens is 1. The third kappa shape index (κ3) is 5.63. The highest BCUT2D eigenvalue weighted by atomic mass is 16.5. The summed E-state index contributed by atoms with van der Waals surface area (Å²) >= 11 is 0. The van der Waals surface area contributed by atoms with Gasteiger partial charge in [0.2, 0.25) is 5.91 Å². The Labute approximate surface area is 166 Å². The Bertz CT molecular complexity index is 769. The molecule has 0 saturated carbocycles. The Morgan fingerprint density at radius 2 is 1.79 bits per heavy atom. The molecule has 2 heterocycles. The standard InChI is InChI=1S/C22H27N3O3/c1-2-28-20-7-5-19(6-8-20)21(26)9-10-22(27)25-14-12-24(13-15-25)17-18-4-3-11-23-16-18/h3-8,11,16H,2,9-10,12-15,17H2,1H3. The van der Waals surface area contributed by atoms with E-state index in [1.165, 1.54) is 5.56 Å². The lowest BCUT2D eigenvalue weighted by Crippen LogP contribution is -2.48. The van der Waals surface area contributed by atoms with Crippen molar-refractivity contribution in [2.24, 2.45) is 0 Å². The first kappa shape index (κ1) is 20.0. The lowest BCUT2D eigenvalue weighted by atomic mass is 10.1. The summed E-state index contributed by atoms with van der Waals surface area (Å²) in [6.07, 6.45) is 4.15. The molecule has 2 aromatic rings. The molecule has 28 heavy (non-hydrogen) atoms. The number of pyridine rings is 1. The smallest absolute Gasteiger partial charge is 0.223 e. The third-order valence-electron chi connectivity index (χ3n) is 4.91. The number of piperazine rings is 1. The van der Waals surface area contributed by atoms with Crippen LogP contribution in [0.2, 0.25) is 0 Å². The number of carbonyl (C=O) groups excluding carboxylic acids is 2. The van der Waals surface area contributed by atoms with Crippen molar-refractivity contribution in [3.63, 3.8) is 0 Å². The van der Waals surface area contributed by atoms with Gasteiger partial charge >= 0.3 is 0 Å². The van der Waals surface area contributed by atoms with E-state index in [4.69, 9.17) is 4.74 Å². The second-order valence-corrected chi connectivity index (χ2v) is 6.90. The Hall–Kier alpha value is -2.73. The van der Waals surface area contributed by atoms with Crippen LogP contribution < -0.4 is 4.74 Å². The monoisotopic (exact) mass is 381 g/mol. The molecule has 0 radical (unpaired) electrons. The van der Waals surface area contributed by atoms with E-state index >= 15 is 0 Å². The van der Waals surface area contributed by atoms with E-state index < -0.39 is 0 Å². The molecule has 1 fully saturated rings. The molecule has 1 aromatic heterocycles. The van der Waals surface area contributed by atoms with Crippen LogP contribution in [0.25, 0.3) is 0 Å². The molecular weight excluding hydrogens is 354 g/mol. The van der Waals surface area contributed by atoms with Crippen molar-refractivity contribution in [2.45, 2.75) is 26.3 Å². The van der Waals surface area contributed by atoms with Gasteiger partial charge in [0.1, 0.15) is 5.75 Å². The number of nitrogens with zero attached hydrogens (tertiary/aromatic N) is 3. The molecule has 0 atom stereocenters. The molecule has 1 saturated heterocycles. The van der Waals surface area contributed by atoms with E-state index in [1.54, 1.807) is 30.5 Å². The van der Waals surface area contributed by atoms with Crippen LogP contribution in [0.1, 0.15) is 35.7 Å². The molecule has 0 spiro atoms. The fourth-order valence-electron chi connectivity index (χ4n) is 3.33. The van der Waals surface area contributed by atoms with Crippen molar-refractivity contribution in [3.8, 4) is 5.75 Å². The summed E-state index contributed by atoms with van der Waals surface area (Å²) < 4.78 is 5.38. The van der Waals surface area contributed by atoms with Crippen LogP contribution in [0, 0.1) is 0 Å². The fourth-order valence-corrected chi connectivity index (χ4v) is 3.33. The van der Waals surface area contributed by atoms with Gasteiger partial charge in [-0.1, -0.05) is 6.07 Å². The summed E-state index contributed by atoms with van der Waals surface area (Å²) in [7, 11) is 0. The van der Waals surface area contributed by atoms with Crippen LogP contribution in [0.4, 0.5) is 0 Å². The molecule has 0 aliphatic carbocycles. The van der Waals surface area contributed by atoms with E-state index in [0.717, 1.165) is 25.4 Å². The molecule has 6 nitrogen and oxygen atoms in total. The summed E-state index contributed by atoms with van der Waals surface area (Å²) in [5, 5.41) is 0. The molecule has 0 N–H and O–H groups in total. The van der Waals surface area contributed by atoms with Gasteiger partial charge in [-0.25, -0.2) is 0 Å². The zero-order chi connectivity index (χ0) is 19.8. The number of amides is 1. The summed E-state index contributed by atoms with van der Waals surface area (Å²) in [5.74, 6) is 0.797. The van der Waals surface area contributed by atoms with Crippen LogP contribution in [-0.2, 0) is 11.3 Å². The number of rotatable bonds is 8. The minimum absolute atomic E-state index is 0.00777. The number of benzene rings is 1. The molecular formula is C22H27N3O3. The van der Waals surface area contributed by atoms with Gasteiger partial charge in [-0.05, 0) is 42.8 Å². The highest BCUT2D eigenvalue weighted by molar-refractivity contribution is 5.98. The molecule has 3 rings (SSSR count). The van der Waals surface area contributed by atoms with E-state index in [-0.39, 0.29) is 24.5 Å². The molecule has 1 amide bonds. The minimum atomic E-state index is -0.00777. The van der Waals surface area contributed by atoms with Crippen LogP contribution in [-0.4, -0.2) is 59.3 Å². The maximum absolute atomic E-state index is 12.5. The number of hydrogen-bond acceptors (Lipinski definition) is 5. The van der Waals surface area contributed by atoms with Gasteiger partial charge in [0.05, 0.1) is 6.61 Å². The molecule has 148 valence electrons. The van der Waals surface area contributed by atoms with Crippen molar-refractivity contribution in [2.75, 3.05) is 32.8 Å². The number of ether oxygens (including phenoxy) is 1. The Morgan fingerprint density at radius 3 is 2.43 bits per heavy atom. The zero-order valence-electron chi connectivity index (χ0n) is 16.3. The van der Waals surface area contributed by atoms with Gasteiger partial charge in [-0.2, -0.15) is 0 Å². The summed E-state index contributed by atoms with van der Waals surface area (Å²) in [6.45, 7) is 6.46. The first-order chi connectivity index (χ1) is 13.7. The largest absolute Gasteiger partial charge is 0.494 e. The average Bonchev–Trinajstić information content (AvgIpc) is 2.74. The van der Waals surface area contributed by atoms with Gasteiger partial charge in [0, 0.05) is 63.5 Å². The molecule has 1 aliphatic rings. The van der Waals surface area contributed by atoms with Gasteiger partial charge in [0.25, 0.3) is 0 Å².